The highest BCUT2D eigenvalue weighted by atomic mass is 16.6. The van der Waals surface area contributed by atoms with Crippen LogP contribution in [-0.4, -0.2) is 37.2 Å². The summed E-state index contributed by atoms with van der Waals surface area (Å²) >= 11 is 0. The third-order valence-corrected chi connectivity index (χ3v) is 12.0. The molecule has 0 saturated heterocycles. The van der Waals surface area contributed by atoms with Gasteiger partial charge in [-0.05, 0) is 31.1 Å². The zero-order valence-corrected chi connectivity index (χ0v) is 40.4. The van der Waals surface area contributed by atoms with Crippen molar-refractivity contribution in [2.75, 3.05) is 13.2 Å². The van der Waals surface area contributed by atoms with Crippen molar-refractivity contribution in [1.82, 2.24) is 0 Å². The molecule has 0 unspecified atom stereocenters. The lowest BCUT2D eigenvalue weighted by Crippen LogP contribution is -2.30. The van der Waals surface area contributed by atoms with E-state index >= 15 is 0 Å². The van der Waals surface area contributed by atoms with Gasteiger partial charge in [0.05, 0.1) is 0 Å². The Bertz CT molecular complexity index is 900. The van der Waals surface area contributed by atoms with E-state index in [9.17, 15) is 14.4 Å². The summed E-state index contributed by atoms with van der Waals surface area (Å²) in [5, 5.41) is 0. The Kier molecular flexibility index (Phi) is 44.7. The maximum atomic E-state index is 12.8. The third-order valence-electron chi connectivity index (χ3n) is 12.0. The molecule has 0 saturated carbocycles. The van der Waals surface area contributed by atoms with Gasteiger partial charge in [0.2, 0.25) is 0 Å². The first-order valence-electron chi connectivity index (χ1n) is 26.2. The van der Waals surface area contributed by atoms with Crippen LogP contribution in [-0.2, 0) is 28.6 Å². The Balaban J connectivity index is 4.24. The number of carbonyl (C=O) groups excluding carboxylic acids is 3. The average Bonchev–Trinajstić information content (AvgIpc) is 3.20. The Labute approximate surface area is 368 Å². The molecule has 6 heteroatoms. The van der Waals surface area contributed by atoms with Crippen LogP contribution in [0.2, 0.25) is 0 Å². The van der Waals surface area contributed by atoms with Crippen molar-refractivity contribution in [3.8, 4) is 0 Å². The van der Waals surface area contributed by atoms with Gasteiger partial charge in [0.1, 0.15) is 13.2 Å². The zero-order valence-electron chi connectivity index (χ0n) is 40.4. The van der Waals surface area contributed by atoms with Crippen LogP contribution >= 0.6 is 0 Å². The van der Waals surface area contributed by atoms with Crippen LogP contribution in [0.15, 0.2) is 0 Å². The maximum Gasteiger partial charge on any atom is 0.306 e. The third kappa shape index (κ3) is 47.3. The SMILES string of the molecule is CCCCCCCCCCCCCCCC(=O)OC[C@@H](COC(=O)CCCCCCCCC(C)C)OC(=O)CCCCCCCCCCCCCCCCCCC(C)C. The van der Waals surface area contributed by atoms with Crippen molar-refractivity contribution in [2.45, 2.75) is 298 Å². The minimum Gasteiger partial charge on any atom is -0.462 e. The smallest absolute Gasteiger partial charge is 0.306 e. The van der Waals surface area contributed by atoms with Gasteiger partial charge in [0.25, 0.3) is 0 Å². The molecule has 6 nitrogen and oxygen atoms in total. The summed E-state index contributed by atoms with van der Waals surface area (Å²) in [6.45, 7) is 11.3. The van der Waals surface area contributed by atoms with Gasteiger partial charge in [-0.3, -0.25) is 14.4 Å². The van der Waals surface area contributed by atoms with Crippen LogP contribution < -0.4 is 0 Å². The molecule has 0 aromatic heterocycles. The van der Waals surface area contributed by atoms with E-state index in [4.69, 9.17) is 14.2 Å². The van der Waals surface area contributed by atoms with E-state index in [2.05, 4.69) is 34.6 Å². The van der Waals surface area contributed by atoms with Crippen LogP contribution in [0, 0.1) is 11.8 Å². The molecule has 0 radical (unpaired) electrons. The second-order valence-corrected chi connectivity index (χ2v) is 19.1. The lowest BCUT2D eigenvalue weighted by atomic mass is 10.0. The highest BCUT2D eigenvalue weighted by Crippen LogP contribution is 2.17. The summed E-state index contributed by atoms with van der Waals surface area (Å²) in [6.07, 6.45) is 46.8. The fraction of sp³-hybridized carbons (Fsp3) is 0.943. The Morgan fingerprint density at radius 3 is 0.831 bits per heavy atom. The first kappa shape index (κ1) is 57.4. The minimum atomic E-state index is -0.762. The maximum absolute atomic E-state index is 12.8. The largest absolute Gasteiger partial charge is 0.462 e. The summed E-state index contributed by atoms with van der Waals surface area (Å²) in [4.78, 5) is 37.9. The number of hydrogen-bond acceptors (Lipinski definition) is 6. The van der Waals surface area contributed by atoms with E-state index in [0.29, 0.717) is 19.3 Å². The Hall–Kier alpha value is -1.59. The fourth-order valence-corrected chi connectivity index (χ4v) is 7.99. The topological polar surface area (TPSA) is 78.9 Å². The predicted octanol–water partition coefficient (Wildman–Crippen LogP) is 16.9. The molecule has 0 amide bonds. The second kappa shape index (κ2) is 45.9. The van der Waals surface area contributed by atoms with Gasteiger partial charge in [-0.15, -0.1) is 0 Å². The second-order valence-electron chi connectivity index (χ2n) is 19.1. The highest BCUT2D eigenvalue weighted by Gasteiger charge is 2.19. The van der Waals surface area contributed by atoms with Crippen molar-refractivity contribution in [1.29, 1.82) is 0 Å². The summed E-state index contributed by atoms with van der Waals surface area (Å²) in [7, 11) is 0. The van der Waals surface area contributed by atoms with E-state index in [1.54, 1.807) is 0 Å². The molecule has 59 heavy (non-hydrogen) atoms. The van der Waals surface area contributed by atoms with Gasteiger partial charge in [0, 0.05) is 19.3 Å². The highest BCUT2D eigenvalue weighted by molar-refractivity contribution is 5.71. The normalized spacial score (nSPS) is 12.1. The van der Waals surface area contributed by atoms with E-state index in [0.717, 1.165) is 69.6 Å². The van der Waals surface area contributed by atoms with E-state index in [1.807, 2.05) is 0 Å². The first-order chi connectivity index (χ1) is 28.7. The molecule has 350 valence electrons. The van der Waals surface area contributed by atoms with Crippen molar-refractivity contribution in [2.24, 2.45) is 11.8 Å². The molecule has 0 bridgehead atoms. The zero-order chi connectivity index (χ0) is 43.3. The van der Waals surface area contributed by atoms with Crippen LogP contribution in [0.1, 0.15) is 291 Å². The first-order valence-corrected chi connectivity index (χ1v) is 26.2. The van der Waals surface area contributed by atoms with Gasteiger partial charge >= 0.3 is 17.9 Å². The van der Waals surface area contributed by atoms with Gasteiger partial charge in [-0.1, -0.05) is 253 Å². The van der Waals surface area contributed by atoms with Crippen LogP contribution in [0.3, 0.4) is 0 Å². The minimum absolute atomic E-state index is 0.0642. The van der Waals surface area contributed by atoms with Crippen LogP contribution in [0.4, 0.5) is 0 Å². The molecule has 0 fully saturated rings. The van der Waals surface area contributed by atoms with Gasteiger partial charge in [0.15, 0.2) is 6.10 Å². The van der Waals surface area contributed by atoms with E-state index < -0.39 is 6.10 Å². The Morgan fingerprint density at radius 2 is 0.559 bits per heavy atom. The molecule has 0 rings (SSSR count). The number of esters is 3. The monoisotopic (exact) mass is 835 g/mol. The Morgan fingerprint density at radius 1 is 0.322 bits per heavy atom. The van der Waals surface area contributed by atoms with Crippen LogP contribution in [0.25, 0.3) is 0 Å². The van der Waals surface area contributed by atoms with Crippen LogP contribution in [0.5, 0.6) is 0 Å². The average molecular weight is 835 g/mol. The molecule has 0 aromatic carbocycles. The number of carbonyl (C=O) groups is 3. The van der Waals surface area contributed by atoms with Gasteiger partial charge < -0.3 is 14.2 Å². The number of rotatable bonds is 47. The fourth-order valence-electron chi connectivity index (χ4n) is 7.99. The predicted molar refractivity (Wildman–Crippen MR) is 252 cm³/mol. The van der Waals surface area contributed by atoms with Gasteiger partial charge in [-0.2, -0.15) is 0 Å². The van der Waals surface area contributed by atoms with E-state index in [1.165, 1.54) is 180 Å². The van der Waals surface area contributed by atoms with Crippen molar-refractivity contribution < 1.29 is 28.6 Å². The van der Waals surface area contributed by atoms with E-state index in [-0.39, 0.29) is 31.1 Å². The quantitative estimate of drug-likeness (QED) is 0.0345. The molecular formula is C53H102O6. The molecule has 1 atom stereocenters. The molecule has 0 aliphatic carbocycles. The summed E-state index contributed by atoms with van der Waals surface area (Å²) in [5.41, 5.74) is 0. The summed E-state index contributed by atoms with van der Waals surface area (Å²) < 4.78 is 16.8. The number of unbranched alkanes of at least 4 members (excludes halogenated alkanes) is 32. The molecule has 0 spiro atoms. The molecule has 0 N–H and O–H groups in total. The molecule has 0 heterocycles. The van der Waals surface area contributed by atoms with Crippen molar-refractivity contribution in [3.63, 3.8) is 0 Å². The molecular weight excluding hydrogens is 733 g/mol. The van der Waals surface area contributed by atoms with Crippen molar-refractivity contribution in [3.05, 3.63) is 0 Å². The lowest BCUT2D eigenvalue weighted by molar-refractivity contribution is -0.167. The van der Waals surface area contributed by atoms with Gasteiger partial charge in [-0.25, -0.2) is 0 Å². The molecule has 0 aromatic rings. The molecule has 0 aliphatic rings. The summed E-state index contributed by atoms with van der Waals surface area (Å²) in [6, 6.07) is 0. The standard InChI is InChI=1S/C53H102O6/c1-6-7-8-9-10-11-12-17-21-24-27-33-38-43-51(54)57-46-50(47-58-52(55)44-39-34-30-29-32-37-42-49(4)5)59-53(56)45-40-35-28-25-22-19-16-14-13-15-18-20-23-26-31-36-41-48(2)3/h48-50H,6-47H2,1-5H3/t50-/m0/s1. The summed E-state index contributed by atoms with van der Waals surface area (Å²) in [5.74, 6) is 0.763. The number of ether oxygens (including phenoxy) is 3. The molecule has 0 aliphatic heterocycles. The van der Waals surface area contributed by atoms with Crippen molar-refractivity contribution >= 4 is 17.9 Å². The number of hydrogen-bond donors (Lipinski definition) is 0. The lowest BCUT2D eigenvalue weighted by Gasteiger charge is -2.18.